The van der Waals surface area contributed by atoms with Gasteiger partial charge < -0.3 is 15.7 Å². The van der Waals surface area contributed by atoms with Crippen LogP contribution in [0, 0.1) is 5.92 Å². The lowest BCUT2D eigenvalue weighted by molar-refractivity contribution is -0.0142. The number of benzene rings is 2. The molecule has 0 aromatic heterocycles. The second-order valence-electron chi connectivity index (χ2n) is 6.76. The monoisotopic (exact) mass is 324 g/mol. The van der Waals surface area contributed by atoms with Gasteiger partial charge in [0, 0.05) is 0 Å². The van der Waals surface area contributed by atoms with Crippen molar-refractivity contribution in [2.75, 3.05) is 26.2 Å². The maximum Gasteiger partial charge on any atom is 0.117 e. The van der Waals surface area contributed by atoms with Gasteiger partial charge in [-0.3, -0.25) is 0 Å². The minimum absolute atomic E-state index is 0.233. The van der Waals surface area contributed by atoms with Gasteiger partial charge in [-0.2, -0.15) is 0 Å². The molecule has 3 rings (SSSR count). The Labute approximate surface area is 145 Å². The molecule has 0 saturated carbocycles. The number of hydrogen-bond donors (Lipinski definition) is 2. The zero-order valence-electron chi connectivity index (χ0n) is 14.3. The molecular formula is C21H28N2O. The van der Waals surface area contributed by atoms with E-state index in [-0.39, 0.29) is 5.92 Å². The van der Waals surface area contributed by atoms with Crippen molar-refractivity contribution >= 4 is 0 Å². The van der Waals surface area contributed by atoms with E-state index in [9.17, 15) is 5.11 Å². The summed E-state index contributed by atoms with van der Waals surface area (Å²) < 4.78 is 0. The van der Waals surface area contributed by atoms with Gasteiger partial charge in [-0.1, -0.05) is 60.7 Å². The normalized spacial score (nSPS) is 17.1. The van der Waals surface area contributed by atoms with Crippen LogP contribution in [0.3, 0.4) is 0 Å². The molecule has 2 aromatic rings. The van der Waals surface area contributed by atoms with Crippen molar-refractivity contribution in [2.24, 2.45) is 11.7 Å². The van der Waals surface area contributed by atoms with Crippen LogP contribution >= 0.6 is 0 Å². The van der Waals surface area contributed by atoms with Crippen molar-refractivity contribution in [3.63, 3.8) is 0 Å². The molecule has 0 atom stereocenters. The van der Waals surface area contributed by atoms with E-state index in [0.717, 1.165) is 56.6 Å². The van der Waals surface area contributed by atoms with E-state index in [1.54, 1.807) is 0 Å². The molecule has 2 aromatic carbocycles. The number of likely N-dealkylation sites (tertiary alicyclic amines) is 1. The van der Waals surface area contributed by atoms with Gasteiger partial charge in [0.2, 0.25) is 0 Å². The van der Waals surface area contributed by atoms with Crippen molar-refractivity contribution in [2.45, 2.75) is 24.9 Å². The Balaban J connectivity index is 1.85. The van der Waals surface area contributed by atoms with Crippen molar-refractivity contribution in [1.82, 2.24) is 4.90 Å². The SMILES string of the molecule is NCCCN1CCC(C(O)(c2ccccc2)c2ccccc2)CC1. The molecule has 3 heteroatoms. The molecule has 128 valence electrons. The Bertz CT molecular complexity index is 567. The first-order valence-corrected chi connectivity index (χ1v) is 9.01. The Kier molecular flexibility index (Phi) is 5.67. The zero-order chi connectivity index (χ0) is 16.8. The van der Waals surface area contributed by atoms with Crippen LogP contribution in [-0.2, 0) is 5.60 Å². The van der Waals surface area contributed by atoms with Crippen LogP contribution in [0.15, 0.2) is 60.7 Å². The summed E-state index contributed by atoms with van der Waals surface area (Å²) in [5.41, 5.74) is 6.71. The molecular weight excluding hydrogens is 296 g/mol. The Hall–Kier alpha value is -1.68. The molecule has 0 bridgehead atoms. The number of aliphatic hydroxyl groups is 1. The second kappa shape index (κ2) is 7.93. The van der Waals surface area contributed by atoms with E-state index in [1.807, 2.05) is 60.7 Å². The molecule has 1 fully saturated rings. The lowest BCUT2D eigenvalue weighted by atomic mass is 9.72. The van der Waals surface area contributed by atoms with Crippen LogP contribution in [0.5, 0.6) is 0 Å². The first-order chi connectivity index (χ1) is 11.7. The minimum atomic E-state index is -0.914. The lowest BCUT2D eigenvalue weighted by Crippen LogP contribution is -2.44. The highest BCUT2D eigenvalue weighted by Crippen LogP contribution is 2.41. The third kappa shape index (κ3) is 3.54. The topological polar surface area (TPSA) is 49.5 Å². The number of rotatable bonds is 6. The summed E-state index contributed by atoms with van der Waals surface area (Å²) in [7, 11) is 0. The van der Waals surface area contributed by atoms with Crippen molar-refractivity contribution in [3.8, 4) is 0 Å². The van der Waals surface area contributed by atoms with Crippen molar-refractivity contribution < 1.29 is 5.11 Å². The summed E-state index contributed by atoms with van der Waals surface area (Å²) in [5.74, 6) is 0.233. The maximum absolute atomic E-state index is 11.8. The standard InChI is InChI=1S/C21H28N2O/c22-14-7-15-23-16-12-20(13-17-23)21(24,18-8-3-1-4-9-18)19-10-5-2-6-11-19/h1-6,8-11,20,24H,7,12-17,22H2. The predicted molar refractivity (Wildman–Crippen MR) is 98.7 cm³/mol. The molecule has 0 amide bonds. The fraction of sp³-hybridized carbons (Fsp3) is 0.429. The minimum Gasteiger partial charge on any atom is -0.380 e. The molecule has 0 spiro atoms. The van der Waals surface area contributed by atoms with Gasteiger partial charge in [-0.15, -0.1) is 0 Å². The van der Waals surface area contributed by atoms with Gasteiger partial charge in [-0.05, 0) is 62.5 Å². The molecule has 0 unspecified atom stereocenters. The van der Waals surface area contributed by atoms with Gasteiger partial charge in [0.05, 0.1) is 0 Å². The third-order valence-electron chi connectivity index (χ3n) is 5.28. The summed E-state index contributed by atoms with van der Waals surface area (Å²) in [6.45, 7) is 3.88. The summed E-state index contributed by atoms with van der Waals surface area (Å²) >= 11 is 0. The maximum atomic E-state index is 11.8. The molecule has 0 radical (unpaired) electrons. The largest absolute Gasteiger partial charge is 0.380 e. The lowest BCUT2D eigenvalue weighted by Gasteiger charge is -2.42. The second-order valence-corrected chi connectivity index (χ2v) is 6.76. The molecule has 3 nitrogen and oxygen atoms in total. The van der Waals surface area contributed by atoms with E-state index in [4.69, 9.17) is 5.73 Å². The highest BCUT2D eigenvalue weighted by Gasteiger charge is 2.41. The van der Waals surface area contributed by atoms with Gasteiger partial charge in [0.1, 0.15) is 5.60 Å². The average Bonchev–Trinajstić information content (AvgIpc) is 2.67. The molecule has 1 heterocycles. The quantitative estimate of drug-likeness (QED) is 0.859. The molecule has 1 aliphatic rings. The molecule has 24 heavy (non-hydrogen) atoms. The Morgan fingerprint density at radius 3 is 1.88 bits per heavy atom. The molecule has 1 saturated heterocycles. The van der Waals surface area contributed by atoms with Crippen molar-refractivity contribution in [1.29, 1.82) is 0 Å². The number of hydrogen-bond acceptors (Lipinski definition) is 3. The van der Waals surface area contributed by atoms with E-state index in [1.165, 1.54) is 0 Å². The summed E-state index contributed by atoms with van der Waals surface area (Å²) in [6, 6.07) is 20.3. The van der Waals surface area contributed by atoms with Crippen LogP contribution in [0.4, 0.5) is 0 Å². The van der Waals surface area contributed by atoms with Crippen LogP contribution in [0.25, 0.3) is 0 Å². The highest BCUT2D eigenvalue weighted by atomic mass is 16.3. The number of nitrogens with two attached hydrogens (primary N) is 1. The van der Waals surface area contributed by atoms with Gasteiger partial charge in [0.25, 0.3) is 0 Å². The van der Waals surface area contributed by atoms with Gasteiger partial charge in [0.15, 0.2) is 0 Å². The molecule has 1 aliphatic heterocycles. The van der Waals surface area contributed by atoms with Crippen LogP contribution < -0.4 is 5.73 Å². The predicted octanol–water partition coefficient (Wildman–Crippen LogP) is 2.98. The Morgan fingerprint density at radius 1 is 0.917 bits per heavy atom. The van der Waals surface area contributed by atoms with Gasteiger partial charge >= 0.3 is 0 Å². The first kappa shape index (κ1) is 17.2. The van der Waals surface area contributed by atoms with E-state index in [0.29, 0.717) is 0 Å². The highest BCUT2D eigenvalue weighted by molar-refractivity contribution is 5.37. The van der Waals surface area contributed by atoms with E-state index >= 15 is 0 Å². The van der Waals surface area contributed by atoms with Gasteiger partial charge in [-0.25, -0.2) is 0 Å². The van der Waals surface area contributed by atoms with Crippen molar-refractivity contribution in [3.05, 3.63) is 71.8 Å². The van der Waals surface area contributed by atoms with Crippen LogP contribution in [-0.4, -0.2) is 36.2 Å². The van der Waals surface area contributed by atoms with E-state index in [2.05, 4.69) is 4.90 Å². The molecule has 0 aliphatic carbocycles. The fourth-order valence-electron chi connectivity index (χ4n) is 3.91. The molecule has 3 N–H and O–H groups in total. The summed E-state index contributed by atoms with van der Waals surface area (Å²) in [5, 5.41) is 11.8. The fourth-order valence-corrected chi connectivity index (χ4v) is 3.91. The summed E-state index contributed by atoms with van der Waals surface area (Å²) in [4.78, 5) is 2.47. The van der Waals surface area contributed by atoms with Crippen LogP contribution in [0.2, 0.25) is 0 Å². The Morgan fingerprint density at radius 2 is 1.42 bits per heavy atom. The third-order valence-corrected chi connectivity index (χ3v) is 5.28. The first-order valence-electron chi connectivity index (χ1n) is 9.01. The average molecular weight is 324 g/mol. The zero-order valence-corrected chi connectivity index (χ0v) is 14.3. The van der Waals surface area contributed by atoms with E-state index < -0.39 is 5.60 Å². The van der Waals surface area contributed by atoms with Crippen LogP contribution in [0.1, 0.15) is 30.4 Å². The number of piperidine rings is 1. The summed E-state index contributed by atoms with van der Waals surface area (Å²) in [6.07, 6.45) is 3.06. The smallest absolute Gasteiger partial charge is 0.117 e. The number of nitrogens with zero attached hydrogens (tertiary/aromatic N) is 1.